The zero-order valence-corrected chi connectivity index (χ0v) is 12.6. The van der Waals surface area contributed by atoms with Crippen LogP contribution in [0.25, 0.3) is 0 Å². The van der Waals surface area contributed by atoms with Crippen LogP contribution in [0.2, 0.25) is 0 Å². The number of carbonyl (C=O) groups excluding carboxylic acids is 1. The van der Waals surface area contributed by atoms with E-state index in [4.69, 9.17) is 16.3 Å². The van der Waals surface area contributed by atoms with Crippen LogP contribution in [0.1, 0.15) is 33.1 Å². The van der Waals surface area contributed by atoms with Crippen molar-refractivity contribution in [3.8, 4) is 5.75 Å². The Morgan fingerprint density at radius 2 is 2.05 bits per heavy atom. The van der Waals surface area contributed by atoms with E-state index in [1.54, 1.807) is 18.9 Å². The van der Waals surface area contributed by atoms with Crippen LogP contribution in [0.4, 0.5) is 5.69 Å². The summed E-state index contributed by atoms with van der Waals surface area (Å²) in [6.45, 7) is 4.50. The number of rotatable bonds is 7. The summed E-state index contributed by atoms with van der Waals surface area (Å²) in [6, 6.07) is 7.54. The molecule has 0 heterocycles. The molecule has 106 valence electrons. The Morgan fingerprint density at radius 3 is 2.68 bits per heavy atom. The molecule has 0 spiro atoms. The predicted octanol–water partition coefficient (Wildman–Crippen LogP) is 3.85. The number of halogens is 1. The van der Waals surface area contributed by atoms with Crippen LogP contribution >= 0.6 is 11.6 Å². The molecule has 19 heavy (non-hydrogen) atoms. The molecule has 0 N–H and O–H groups in total. The third-order valence-electron chi connectivity index (χ3n) is 2.90. The first-order valence-electron chi connectivity index (χ1n) is 6.71. The summed E-state index contributed by atoms with van der Waals surface area (Å²) in [7, 11) is 1.72. The molecule has 4 heteroatoms. The first-order valence-corrected chi connectivity index (χ1v) is 7.15. The smallest absolute Gasteiger partial charge is 0.244 e. The number of ether oxygens (including phenoxy) is 1. The number of anilines is 1. The van der Waals surface area contributed by atoms with E-state index in [-0.39, 0.29) is 5.91 Å². The van der Waals surface area contributed by atoms with E-state index in [2.05, 4.69) is 6.92 Å². The minimum atomic E-state index is -0.543. The Morgan fingerprint density at radius 1 is 1.37 bits per heavy atom. The van der Waals surface area contributed by atoms with Gasteiger partial charge in [0, 0.05) is 7.05 Å². The number of nitrogens with zero attached hydrogens (tertiary/aromatic N) is 1. The zero-order valence-electron chi connectivity index (χ0n) is 11.9. The topological polar surface area (TPSA) is 29.5 Å². The molecule has 1 rings (SSSR count). The number of alkyl halides is 1. The lowest BCUT2D eigenvalue weighted by atomic mass is 10.2. The van der Waals surface area contributed by atoms with Crippen molar-refractivity contribution in [1.29, 1.82) is 0 Å². The van der Waals surface area contributed by atoms with Crippen LogP contribution in [0.3, 0.4) is 0 Å². The van der Waals surface area contributed by atoms with Crippen LogP contribution in [0, 0.1) is 0 Å². The quantitative estimate of drug-likeness (QED) is 0.562. The monoisotopic (exact) mass is 283 g/mol. The lowest BCUT2D eigenvalue weighted by Crippen LogP contribution is -2.32. The van der Waals surface area contributed by atoms with Gasteiger partial charge in [0.05, 0.1) is 12.3 Å². The molecular formula is C15H22ClNO2. The third kappa shape index (κ3) is 4.75. The van der Waals surface area contributed by atoms with Crippen LogP contribution in [-0.4, -0.2) is 24.9 Å². The maximum absolute atomic E-state index is 11.9. The average molecular weight is 284 g/mol. The predicted molar refractivity (Wildman–Crippen MR) is 80.2 cm³/mol. The Hall–Kier alpha value is -1.22. The number of carbonyl (C=O) groups is 1. The molecule has 0 saturated carbocycles. The van der Waals surface area contributed by atoms with Crippen molar-refractivity contribution in [1.82, 2.24) is 0 Å². The lowest BCUT2D eigenvalue weighted by molar-refractivity contribution is -0.117. The maximum atomic E-state index is 11.9. The molecule has 0 aliphatic heterocycles. The Labute approximate surface area is 120 Å². The fourth-order valence-electron chi connectivity index (χ4n) is 1.78. The van der Waals surface area contributed by atoms with Crippen molar-refractivity contribution in [2.24, 2.45) is 0 Å². The first-order chi connectivity index (χ1) is 9.07. The van der Waals surface area contributed by atoms with Gasteiger partial charge in [0.15, 0.2) is 0 Å². The van der Waals surface area contributed by atoms with Gasteiger partial charge in [-0.1, -0.05) is 31.9 Å². The Kier molecular flexibility index (Phi) is 6.71. The van der Waals surface area contributed by atoms with E-state index in [1.807, 2.05) is 24.3 Å². The summed E-state index contributed by atoms with van der Waals surface area (Å²) < 4.78 is 5.75. The highest BCUT2D eigenvalue weighted by atomic mass is 35.5. The highest BCUT2D eigenvalue weighted by molar-refractivity contribution is 6.32. The van der Waals surface area contributed by atoms with E-state index in [0.717, 1.165) is 30.7 Å². The average Bonchev–Trinajstić information content (AvgIpc) is 2.42. The van der Waals surface area contributed by atoms with Crippen molar-refractivity contribution >= 4 is 23.2 Å². The van der Waals surface area contributed by atoms with Gasteiger partial charge in [-0.25, -0.2) is 0 Å². The molecule has 1 aromatic rings. The van der Waals surface area contributed by atoms with Crippen LogP contribution in [-0.2, 0) is 4.79 Å². The van der Waals surface area contributed by atoms with Crippen molar-refractivity contribution < 1.29 is 9.53 Å². The van der Waals surface area contributed by atoms with Crippen molar-refractivity contribution in [3.63, 3.8) is 0 Å². The molecule has 0 radical (unpaired) electrons. The summed E-state index contributed by atoms with van der Waals surface area (Å²) in [6.07, 6.45) is 3.33. The van der Waals surface area contributed by atoms with Crippen LogP contribution < -0.4 is 9.64 Å². The summed E-state index contributed by atoms with van der Waals surface area (Å²) in [5, 5.41) is -0.543. The molecule has 1 unspecified atom stereocenters. The second-order valence-corrected chi connectivity index (χ2v) is 5.19. The molecular weight excluding hydrogens is 262 g/mol. The fraction of sp³-hybridized carbons (Fsp3) is 0.533. The number of unbranched alkanes of at least 4 members (excludes halogenated alkanes) is 2. The SMILES string of the molecule is CCCCCOc1ccccc1N(C)C(=O)C(C)Cl. The standard InChI is InChI=1S/C15H22ClNO2/c1-4-5-8-11-19-14-10-7-6-9-13(14)17(3)15(18)12(2)16/h6-7,9-10,12H,4-5,8,11H2,1-3H3. The highest BCUT2D eigenvalue weighted by Crippen LogP contribution is 2.28. The zero-order chi connectivity index (χ0) is 14.3. The molecule has 1 aromatic carbocycles. The molecule has 3 nitrogen and oxygen atoms in total. The maximum Gasteiger partial charge on any atom is 0.244 e. The Bertz CT molecular complexity index is 407. The van der Waals surface area contributed by atoms with Gasteiger partial charge >= 0.3 is 0 Å². The largest absolute Gasteiger partial charge is 0.491 e. The van der Waals surface area contributed by atoms with E-state index in [9.17, 15) is 4.79 Å². The van der Waals surface area contributed by atoms with Gasteiger partial charge in [0.1, 0.15) is 11.1 Å². The van der Waals surface area contributed by atoms with Gasteiger partial charge in [-0.05, 0) is 25.5 Å². The number of amides is 1. The number of hydrogen-bond acceptors (Lipinski definition) is 2. The van der Waals surface area contributed by atoms with Crippen LogP contribution in [0.5, 0.6) is 5.75 Å². The van der Waals surface area contributed by atoms with E-state index < -0.39 is 5.38 Å². The van der Waals surface area contributed by atoms with Gasteiger partial charge in [-0.15, -0.1) is 11.6 Å². The number of para-hydroxylation sites is 2. The molecule has 0 saturated heterocycles. The highest BCUT2D eigenvalue weighted by Gasteiger charge is 2.19. The molecule has 0 aliphatic carbocycles. The van der Waals surface area contributed by atoms with Gasteiger partial charge in [0.2, 0.25) is 5.91 Å². The minimum Gasteiger partial charge on any atom is -0.491 e. The molecule has 0 aromatic heterocycles. The number of benzene rings is 1. The van der Waals surface area contributed by atoms with Gasteiger partial charge < -0.3 is 9.64 Å². The minimum absolute atomic E-state index is 0.133. The second-order valence-electron chi connectivity index (χ2n) is 4.54. The van der Waals surface area contributed by atoms with E-state index >= 15 is 0 Å². The Balaban J connectivity index is 2.75. The molecule has 0 fully saturated rings. The first kappa shape index (κ1) is 15.8. The van der Waals surface area contributed by atoms with Gasteiger partial charge in [-0.2, -0.15) is 0 Å². The summed E-state index contributed by atoms with van der Waals surface area (Å²) >= 11 is 5.84. The van der Waals surface area contributed by atoms with Gasteiger partial charge in [0.25, 0.3) is 0 Å². The summed E-state index contributed by atoms with van der Waals surface area (Å²) in [5.74, 6) is 0.595. The summed E-state index contributed by atoms with van der Waals surface area (Å²) in [4.78, 5) is 13.5. The number of hydrogen-bond donors (Lipinski definition) is 0. The van der Waals surface area contributed by atoms with Crippen LogP contribution in [0.15, 0.2) is 24.3 Å². The molecule has 0 aliphatic rings. The van der Waals surface area contributed by atoms with E-state index in [1.165, 1.54) is 0 Å². The fourth-order valence-corrected chi connectivity index (χ4v) is 1.92. The lowest BCUT2D eigenvalue weighted by Gasteiger charge is -2.21. The summed E-state index contributed by atoms with van der Waals surface area (Å²) in [5.41, 5.74) is 0.761. The van der Waals surface area contributed by atoms with Gasteiger partial charge in [-0.3, -0.25) is 4.79 Å². The molecule has 0 bridgehead atoms. The third-order valence-corrected chi connectivity index (χ3v) is 3.09. The van der Waals surface area contributed by atoms with Crippen molar-refractivity contribution in [2.75, 3.05) is 18.6 Å². The van der Waals surface area contributed by atoms with Crippen molar-refractivity contribution in [3.05, 3.63) is 24.3 Å². The molecule has 1 atom stereocenters. The molecule has 1 amide bonds. The second kappa shape index (κ2) is 8.05. The van der Waals surface area contributed by atoms with E-state index in [0.29, 0.717) is 6.61 Å². The normalized spacial score (nSPS) is 12.0. The van der Waals surface area contributed by atoms with Crippen molar-refractivity contribution in [2.45, 2.75) is 38.5 Å².